The normalized spacial score (nSPS) is 21.6. The molecule has 1 aliphatic heterocycles. The number of nitrogens with one attached hydrogen (secondary N) is 1. The molecule has 3 nitrogen and oxygen atoms in total. The molecule has 112 valence electrons. The van der Waals surface area contributed by atoms with E-state index in [9.17, 15) is 0 Å². The topological polar surface area (TPSA) is 30.5 Å². The zero-order valence-corrected chi connectivity index (χ0v) is 12.9. The van der Waals surface area contributed by atoms with Crippen LogP contribution in [0.2, 0.25) is 0 Å². The molecule has 1 aliphatic rings. The molecule has 0 unspecified atom stereocenters. The highest BCUT2D eigenvalue weighted by Gasteiger charge is 2.16. The molecule has 0 spiro atoms. The lowest BCUT2D eigenvalue weighted by Gasteiger charge is -2.18. The summed E-state index contributed by atoms with van der Waals surface area (Å²) >= 11 is 0. The quantitative estimate of drug-likeness (QED) is 0.824. The van der Waals surface area contributed by atoms with Crippen molar-refractivity contribution in [3.8, 4) is 5.75 Å². The summed E-state index contributed by atoms with van der Waals surface area (Å²) in [6.07, 6.45) is 4.08. The highest BCUT2D eigenvalue weighted by molar-refractivity contribution is 5.29. The number of benzene rings is 1. The SMILES string of the molecule is CC[C@H](C)Oc1ccc([C@@H](C)NC[C@H]2CCCO2)cc1. The van der Waals surface area contributed by atoms with Crippen molar-refractivity contribution in [3.05, 3.63) is 29.8 Å². The van der Waals surface area contributed by atoms with E-state index in [1.165, 1.54) is 18.4 Å². The number of hydrogen-bond donors (Lipinski definition) is 1. The van der Waals surface area contributed by atoms with E-state index in [2.05, 4.69) is 50.4 Å². The summed E-state index contributed by atoms with van der Waals surface area (Å²) in [5.74, 6) is 0.953. The van der Waals surface area contributed by atoms with Gasteiger partial charge < -0.3 is 14.8 Å². The molecule has 3 atom stereocenters. The Balaban J connectivity index is 1.81. The molecule has 0 amide bonds. The molecule has 3 heteroatoms. The van der Waals surface area contributed by atoms with Crippen LogP contribution in [0.1, 0.15) is 51.6 Å². The second-order valence-corrected chi connectivity index (χ2v) is 5.67. The fourth-order valence-electron chi connectivity index (χ4n) is 2.38. The lowest BCUT2D eigenvalue weighted by molar-refractivity contribution is 0.108. The van der Waals surface area contributed by atoms with E-state index in [0.29, 0.717) is 12.1 Å². The second kappa shape index (κ2) is 7.65. The first-order chi connectivity index (χ1) is 9.69. The van der Waals surface area contributed by atoms with Gasteiger partial charge in [-0.05, 0) is 50.8 Å². The fraction of sp³-hybridized carbons (Fsp3) is 0.647. The highest BCUT2D eigenvalue weighted by atomic mass is 16.5. The van der Waals surface area contributed by atoms with E-state index in [0.717, 1.165) is 25.3 Å². The van der Waals surface area contributed by atoms with E-state index >= 15 is 0 Å². The average molecular weight is 277 g/mol. The molecular weight excluding hydrogens is 250 g/mol. The van der Waals surface area contributed by atoms with E-state index in [4.69, 9.17) is 9.47 Å². The van der Waals surface area contributed by atoms with Gasteiger partial charge in [-0.25, -0.2) is 0 Å². The predicted molar refractivity (Wildman–Crippen MR) is 82.2 cm³/mol. The third-order valence-corrected chi connectivity index (χ3v) is 3.97. The Bertz CT molecular complexity index is 384. The molecule has 0 radical (unpaired) electrons. The van der Waals surface area contributed by atoms with Gasteiger partial charge in [0.1, 0.15) is 5.75 Å². The van der Waals surface area contributed by atoms with Crippen LogP contribution in [0.5, 0.6) is 5.75 Å². The van der Waals surface area contributed by atoms with Crippen LogP contribution in [0.3, 0.4) is 0 Å². The van der Waals surface area contributed by atoms with Crippen LogP contribution < -0.4 is 10.1 Å². The Morgan fingerprint density at radius 1 is 1.30 bits per heavy atom. The molecule has 1 aromatic carbocycles. The van der Waals surface area contributed by atoms with Crippen LogP contribution in [-0.4, -0.2) is 25.4 Å². The first kappa shape index (κ1) is 15.3. The third kappa shape index (κ3) is 4.50. The van der Waals surface area contributed by atoms with Gasteiger partial charge in [0.25, 0.3) is 0 Å². The van der Waals surface area contributed by atoms with Crippen molar-refractivity contribution < 1.29 is 9.47 Å². The van der Waals surface area contributed by atoms with Crippen molar-refractivity contribution in [3.63, 3.8) is 0 Å². The van der Waals surface area contributed by atoms with E-state index in [1.54, 1.807) is 0 Å². The van der Waals surface area contributed by atoms with Gasteiger partial charge in [0.15, 0.2) is 0 Å². The molecule has 1 saturated heterocycles. The van der Waals surface area contributed by atoms with Crippen LogP contribution in [-0.2, 0) is 4.74 Å². The highest BCUT2D eigenvalue weighted by Crippen LogP contribution is 2.20. The zero-order chi connectivity index (χ0) is 14.4. The lowest BCUT2D eigenvalue weighted by Crippen LogP contribution is -2.28. The number of rotatable bonds is 7. The van der Waals surface area contributed by atoms with Crippen molar-refractivity contribution in [2.75, 3.05) is 13.2 Å². The van der Waals surface area contributed by atoms with E-state index < -0.39 is 0 Å². The second-order valence-electron chi connectivity index (χ2n) is 5.67. The third-order valence-electron chi connectivity index (χ3n) is 3.97. The smallest absolute Gasteiger partial charge is 0.119 e. The molecule has 1 heterocycles. The van der Waals surface area contributed by atoms with E-state index in [-0.39, 0.29) is 6.10 Å². The summed E-state index contributed by atoms with van der Waals surface area (Å²) in [6.45, 7) is 8.28. The van der Waals surface area contributed by atoms with Crippen LogP contribution in [0.4, 0.5) is 0 Å². The van der Waals surface area contributed by atoms with Gasteiger partial charge in [0.2, 0.25) is 0 Å². The summed E-state index contributed by atoms with van der Waals surface area (Å²) < 4.78 is 11.4. The maximum Gasteiger partial charge on any atom is 0.119 e. The molecule has 1 aromatic rings. The molecule has 2 rings (SSSR count). The monoisotopic (exact) mass is 277 g/mol. The minimum Gasteiger partial charge on any atom is -0.491 e. The largest absolute Gasteiger partial charge is 0.491 e. The van der Waals surface area contributed by atoms with Crippen LogP contribution in [0.15, 0.2) is 24.3 Å². The lowest BCUT2D eigenvalue weighted by atomic mass is 10.1. The minimum absolute atomic E-state index is 0.274. The first-order valence-corrected chi connectivity index (χ1v) is 7.80. The maximum absolute atomic E-state index is 5.80. The maximum atomic E-state index is 5.80. The van der Waals surface area contributed by atoms with Gasteiger partial charge in [-0.2, -0.15) is 0 Å². The molecular formula is C17H27NO2. The molecule has 0 bridgehead atoms. The van der Waals surface area contributed by atoms with Crippen molar-refractivity contribution in [2.24, 2.45) is 0 Å². The van der Waals surface area contributed by atoms with Gasteiger partial charge in [-0.15, -0.1) is 0 Å². The Labute approximate surface area is 122 Å². The van der Waals surface area contributed by atoms with Gasteiger partial charge in [-0.1, -0.05) is 19.1 Å². The molecule has 1 fully saturated rings. The molecule has 0 aliphatic carbocycles. The Morgan fingerprint density at radius 2 is 2.05 bits per heavy atom. The Hall–Kier alpha value is -1.06. The van der Waals surface area contributed by atoms with Crippen LogP contribution in [0.25, 0.3) is 0 Å². The van der Waals surface area contributed by atoms with Crippen molar-refractivity contribution in [1.82, 2.24) is 5.32 Å². The Kier molecular flexibility index (Phi) is 5.86. The van der Waals surface area contributed by atoms with Gasteiger partial charge in [0.05, 0.1) is 12.2 Å². The average Bonchev–Trinajstić information content (AvgIpc) is 2.98. The van der Waals surface area contributed by atoms with Crippen molar-refractivity contribution in [2.45, 2.75) is 58.3 Å². The van der Waals surface area contributed by atoms with Gasteiger partial charge >= 0.3 is 0 Å². The van der Waals surface area contributed by atoms with Crippen molar-refractivity contribution >= 4 is 0 Å². The standard InChI is InChI=1S/C17H27NO2/c1-4-13(2)20-16-9-7-15(8-10-16)14(3)18-12-17-6-5-11-19-17/h7-10,13-14,17-18H,4-6,11-12H2,1-3H3/t13-,14+,17+/m0/s1. The van der Waals surface area contributed by atoms with E-state index in [1.807, 2.05) is 0 Å². The Morgan fingerprint density at radius 3 is 2.65 bits per heavy atom. The molecule has 0 aromatic heterocycles. The minimum atomic E-state index is 0.274. The molecule has 0 saturated carbocycles. The van der Waals surface area contributed by atoms with Crippen LogP contribution >= 0.6 is 0 Å². The number of hydrogen-bond acceptors (Lipinski definition) is 3. The summed E-state index contributed by atoms with van der Waals surface area (Å²) in [4.78, 5) is 0. The summed E-state index contributed by atoms with van der Waals surface area (Å²) in [5, 5.41) is 3.55. The summed E-state index contributed by atoms with van der Waals surface area (Å²) in [5.41, 5.74) is 1.29. The summed E-state index contributed by atoms with van der Waals surface area (Å²) in [7, 11) is 0. The molecule has 20 heavy (non-hydrogen) atoms. The van der Waals surface area contributed by atoms with Gasteiger partial charge in [0, 0.05) is 19.2 Å². The zero-order valence-electron chi connectivity index (χ0n) is 12.9. The molecule has 1 N–H and O–H groups in total. The fourth-order valence-corrected chi connectivity index (χ4v) is 2.38. The van der Waals surface area contributed by atoms with Crippen LogP contribution in [0, 0.1) is 0 Å². The van der Waals surface area contributed by atoms with Crippen molar-refractivity contribution in [1.29, 1.82) is 0 Å². The first-order valence-electron chi connectivity index (χ1n) is 7.80. The number of ether oxygens (including phenoxy) is 2. The summed E-state index contributed by atoms with van der Waals surface area (Å²) in [6, 6.07) is 8.75. The predicted octanol–water partition coefficient (Wildman–Crippen LogP) is 3.69. The van der Waals surface area contributed by atoms with Gasteiger partial charge in [-0.3, -0.25) is 0 Å².